The van der Waals surface area contributed by atoms with Gasteiger partial charge in [0.25, 0.3) is 0 Å². The molecule has 4 heteroatoms. The summed E-state index contributed by atoms with van der Waals surface area (Å²) in [7, 11) is -1.68. The van der Waals surface area contributed by atoms with Crippen LogP contribution in [0.2, 0.25) is 18.1 Å². The first kappa shape index (κ1) is 14.4. The Morgan fingerprint density at radius 1 is 1.38 bits per heavy atom. The fourth-order valence-corrected chi connectivity index (χ4v) is 3.69. The fraction of sp³-hybridized carbons (Fsp3) is 0.917. The van der Waals surface area contributed by atoms with Crippen molar-refractivity contribution < 1.29 is 9.22 Å². The number of carbonyl (C=O) groups is 1. The number of halogens is 1. The molecule has 0 amide bonds. The van der Waals surface area contributed by atoms with Crippen molar-refractivity contribution in [1.82, 2.24) is 0 Å². The van der Waals surface area contributed by atoms with Crippen LogP contribution < -0.4 is 0 Å². The molecule has 0 aromatic rings. The zero-order chi connectivity index (χ0) is 12.6. The summed E-state index contributed by atoms with van der Waals surface area (Å²) < 4.78 is 6.32. The molecule has 1 saturated carbocycles. The monoisotopic (exact) mass is 306 g/mol. The molecule has 16 heavy (non-hydrogen) atoms. The molecule has 0 bridgehead atoms. The third-order valence-electron chi connectivity index (χ3n) is 3.80. The third kappa shape index (κ3) is 3.41. The molecule has 0 aliphatic heterocycles. The van der Waals surface area contributed by atoms with Crippen LogP contribution in [-0.4, -0.2) is 25.0 Å². The zero-order valence-electron chi connectivity index (χ0n) is 11.0. The van der Waals surface area contributed by atoms with E-state index < -0.39 is 8.32 Å². The second-order valence-corrected chi connectivity index (χ2v) is 12.1. The fourth-order valence-electron chi connectivity index (χ4n) is 1.64. The van der Waals surface area contributed by atoms with E-state index in [9.17, 15) is 4.79 Å². The number of Topliss-reactive ketones (excluding diaryl/α,β-unsaturated/α-hetero) is 1. The maximum atomic E-state index is 11.4. The molecule has 1 rings (SSSR count). The van der Waals surface area contributed by atoms with Crippen molar-refractivity contribution in [3.8, 4) is 0 Å². The topological polar surface area (TPSA) is 26.3 Å². The maximum absolute atomic E-state index is 11.4. The van der Waals surface area contributed by atoms with Crippen molar-refractivity contribution in [2.45, 2.75) is 69.1 Å². The van der Waals surface area contributed by atoms with E-state index in [2.05, 4.69) is 49.8 Å². The highest BCUT2D eigenvalue weighted by Gasteiger charge is 2.40. The van der Waals surface area contributed by atoms with Crippen LogP contribution in [0.25, 0.3) is 0 Å². The van der Waals surface area contributed by atoms with Gasteiger partial charge in [-0.25, -0.2) is 0 Å². The molecule has 94 valence electrons. The van der Waals surface area contributed by atoms with Crippen LogP contribution in [0.3, 0.4) is 0 Å². The van der Waals surface area contributed by atoms with Crippen molar-refractivity contribution in [3.05, 3.63) is 0 Å². The van der Waals surface area contributed by atoms with Gasteiger partial charge in [0.15, 0.2) is 8.32 Å². The Morgan fingerprint density at radius 3 is 2.38 bits per heavy atom. The van der Waals surface area contributed by atoms with Crippen LogP contribution in [0, 0.1) is 0 Å². The highest BCUT2D eigenvalue weighted by atomic mass is 79.9. The summed E-state index contributed by atoms with van der Waals surface area (Å²) in [6, 6.07) is 0. The van der Waals surface area contributed by atoms with E-state index in [1.54, 1.807) is 0 Å². The Balaban J connectivity index is 2.59. The number of carbonyl (C=O) groups excluding carboxylic acids is 1. The average molecular weight is 307 g/mol. The highest BCUT2D eigenvalue weighted by Crippen LogP contribution is 2.39. The molecule has 1 aliphatic carbocycles. The maximum Gasteiger partial charge on any atom is 0.192 e. The van der Waals surface area contributed by atoms with Gasteiger partial charge >= 0.3 is 0 Å². The van der Waals surface area contributed by atoms with Gasteiger partial charge in [-0.2, -0.15) is 0 Å². The van der Waals surface area contributed by atoms with Crippen LogP contribution >= 0.6 is 15.9 Å². The first-order chi connectivity index (χ1) is 7.13. The van der Waals surface area contributed by atoms with E-state index in [4.69, 9.17) is 4.43 Å². The Kier molecular flexibility index (Phi) is 4.41. The molecule has 1 aliphatic rings. The first-order valence-electron chi connectivity index (χ1n) is 5.98. The van der Waals surface area contributed by atoms with Crippen LogP contribution in [-0.2, 0) is 9.22 Å². The van der Waals surface area contributed by atoms with Crippen LogP contribution in [0.5, 0.6) is 0 Å². The third-order valence-corrected chi connectivity index (χ3v) is 9.22. The first-order valence-corrected chi connectivity index (χ1v) is 9.80. The van der Waals surface area contributed by atoms with Gasteiger partial charge in [0, 0.05) is 12.5 Å². The van der Waals surface area contributed by atoms with Gasteiger partial charge < -0.3 is 4.43 Å². The molecular formula is C12H23BrO2Si. The SMILES string of the molecule is CC(C)(C)[Si](C)(C)O[C@@H]1CCC(=O)[C@@H](Br)C1. The summed E-state index contributed by atoms with van der Waals surface area (Å²) in [5.41, 5.74) is 0. The lowest BCUT2D eigenvalue weighted by Crippen LogP contribution is -2.46. The smallest absolute Gasteiger partial charge is 0.192 e. The standard InChI is InChI=1S/C12H23BrO2Si/c1-12(2,3)16(4,5)15-9-6-7-11(14)10(13)8-9/h9-10H,6-8H2,1-5H3/t9-,10+/m1/s1. The van der Waals surface area contributed by atoms with Crippen LogP contribution in [0.4, 0.5) is 0 Å². The van der Waals surface area contributed by atoms with E-state index in [1.807, 2.05) is 0 Å². The van der Waals surface area contributed by atoms with E-state index in [0.717, 1.165) is 12.8 Å². The van der Waals surface area contributed by atoms with E-state index >= 15 is 0 Å². The molecule has 0 aromatic heterocycles. The van der Waals surface area contributed by atoms with Gasteiger partial charge in [0.1, 0.15) is 5.78 Å². The molecule has 0 radical (unpaired) electrons. The molecule has 0 N–H and O–H groups in total. The van der Waals surface area contributed by atoms with Crippen molar-refractivity contribution in [2.75, 3.05) is 0 Å². The Bertz CT molecular complexity index is 271. The largest absolute Gasteiger partial charge is 0.414 e. The van der Waals surface area contributed by atoms with Crippen LogP contribution in [0.1, 0.15) is 40.0 Å². The molecule has 0 unspecified atom stereocenters. The molecular weight excluding hydrogens is 284 g/mol. The number of hydrogen-bond acceptors (Lipinski definition) is 2. The van der Waals surface area contributed by atoms with E-state index in [-0.39, 0.29) is 16.0 Å². The predicted octanol–water partition coefficient (Wildman–Crippen LogP) is 3.89. The number of hydrogen-bond donors (Lipinski definition) is 0. The highest BCUT2D eigenvalue weighted by molar-refractivity contribution is 9.10. The van der Waals surface area contributed by atoms with E-state index in [0.29, 0.717) is 12.2 Å². The lowest BCUT2D eigenvalue weighted by atomic mass is 9.97. The second-order valence-electron chi connectivity index (χ2n) is 6.21. The lowest BCUT2D eigenvalue weighted by molar-refractivity contribution is -0.121. The molecule has 0 saturated heterocycles. The van der Waals surface area contributed by atoms with Crippen molar-refractivity contribution >= 4 is 30.0 Å². The van der Waals surface area contributed by atoms with Gasteiger partial charge in [0.05, 0.1) is 4.83 Å². The van der Waals surface area contributed by atoms with Gasteiger partial charge in [-0.1, -0.05) is 36.7 Å². The van der Waals surface area contributed by atoms with Crippen molar-refractivity contribution in [3.63, 3.8) is 0 Å². The summed E-state index contributed by atoms with van der Waals surface area (Å²) in [6.45, 7) is 11.3. The molecule has 2 nitrogen and oxygen atoms in total. The minimum atomic E-state index is -1.68. The summed E-state index contributed by atoms with van der Waals surface area (Å²) in [6.07, 6.45) is 2.66. The molecule has 0 heterocycles. The average Bonchev–Trinajstić information content (AvgIpc) is 2.09. The van der Waals surface area contributed by atoms with Gasteiger partial charge in [-0.15, -0.1) is 0 Å². The summed E-state index contributed by atoms with van der Waals surface area (Å²) >= 11 is 3.44. The number of ketones is 1. The van der Waals surface area contributed by atoms with Crippen molar-refractivity contribution in [1.29, 1.82) is 0 Å². The summed E-state index contributed by atoms with van der Waals surface area (Å²) in [5, 5.41) is 0.246. The Hall–Kier alpha value is 0.327. The summed E-state index contributed by atoms with van der Waals surface area (Å²) in [5.74, 6) is 0.329. The minimum absolute atomic E-state index is 0.0102. The van der Waals surface area contributed by atoms with Crippen molar-refractivity contribution in [2.24, 2.45) is 0 Å². The van der Waals surface area contributed by atoms with Gasteiger partial charge in [-0.05, 0) is 31.0 Å². The lowest BCUT2D eigenvalue weighted by Gasteiger charge is -2.40. The normalized spacial score (nSPS) is 28.2. The quantitative estimate of drug-likeness (QED) is 0.571. The predicted molar refractivity (Wildman–Crippen MR) is 73.6 cm³/mol. The number of alkyl halides is 1. The Morgan fingerprint density at radius 2 is 1.94 bits per heavy atom. The van der Waals surface area contributed by atoms with Crippen LogP contribution in [0.15, 0.2) is 0 Å². The van der Waals surface area contributed by atoms with Gasteiger partial charge in [-0.3, -0.25) is 4.79 Å². The zero-order valence-corrected chi connectivity index (χ0v) is 13.6. The molecule has 0 aromatic carbocycles. The number of rotatable bonds is 2. The summed E-state index contributed by atoms with van der Waals surface area (Å²) in [4.78, 5) is 11.4. The van der Waals surface area contributed by atoms with Gasteiger partial charge in [0.2, 0.25) is 0 Å². The minimum Gasteiger partial charge on any atom is -0.414 e. The second kappa shape index (κ2) is 4.90. The molecule has 2 atom stereocenters. The Labute approximate surface area is 108 Å². The van der Waals surface area contributed by atoms with E-state index in [1.165, 1.54) is 0 Å². The molecule has 1 fully saturated rings. The molecule has 0 spiro atoms.